The summed E-state index contributed by atoms with van der Waals surface area (Å²) in [5.41, 5.74) is 0. The summed E-state index contributed by atoms with van der Waals surface area (Å²) in [5.74, 6) is 2.33. The Morgan fingerprint density at radius 1 is 0.490 bits per heavy atom. The van der Waals surface area contributed by atoms with Gasteiger partial charge in [0.1, 0.15) is 13.2 Å². The molecule has 0 atom stereocenters. The number of unbranched alkanes of at least 4 members (excludes halogenated alkanes) is 10. The highest BCUT2D eigenvalue weighted by molar-refractivity contribution is 5.69. The molecule has 0 bridgehead atoms. The third-order valence-corrected chi connectivity index (χ3v) is 10.8. The zero-order valence-electron chi connectivity index (χ0n) is 35.1. The van der Waals surface area contributed by atoms with Crippen LogP contribution in [-0.2, 0) is 19.1 Å². The average molecular weight is 719 g/mol. The first-order valence-corrected chi connectivity index (χ1v) is 21.7. The van der Waals surface area contributed by atoms with E-state index in [4.69, 9.17) is 9.47 Å². The van der Waals surface area contributed by atoms with Gasteiger partial charge in [0, 0.05) is 32.5 Å². The highest BCUT2D eigenvalue weighted by Crippen LogP contribution is 2.21. The molecule has 0 aromatic carbocycles. The Morgan fingerprint density at radius 2 is 0.882 bits per heavy atom. The van der Waals surface area contributed by atoms with Gasteiger partial charge in [0.05, 0.1) is 0 Å². The molecule has 0 unspecified atom stereocenters. The fourth-order valence-corrected chi connectivity index (χ4v) is 6.94. The summed E-state index contributed by atoms with van der Waals surface area (Å²) >= 11 is 0. The maximum absolute atomic E-state index is 12.1. The van der Waals surface area contributed by atoms with E-state index in [0.29, 0.717) is 26.1 Å². The van der Waals surface area contributed by atoms with Gasteiger partial charge in [-0.3, -0.25) is 9.59 Å². The van der Waals surface area contributed by atoms with Gasteiger partial charge in [0.15, 0.2) is 0 Å². The van der Waals surface area contributed by atoms with Gasteiger partial charge in [-0.1, -0.05) is 142 Å². The summed E-state index contributed by atoms with van der Waals surface area (Å²) in [4.78, 5) is 29.0. The topological polar surface area (TPSA) is 59.1 Å². The Bertz CT molecular complexity index is 776. The quantitative estimate of drug-likeness (QED) is 0.0362. The first-order chi connectivity index (χ1) is 24.7. The molecule has 0 amide bonds. The van der Waals surface area contributed by atoms with Crippen LogP contribution >= 0.6 is 0 Å². The van der Waals surface area contributed by atoms with Crippen molar-refractivity contribution >= 4 is 11.9 Å². The number of ether oxygens (including phenoxy) is 2. The minimum Gasteiger partial charge on any atom is -0.461 e. The minimum absolute atomic E-state index is 0.0567. The summed E-state index contributed by atoms with van der Waals surface area (Å²) in [6.45, 7) is 13.3. The van der Waals surface area contributed by atoms with E-state index in [1.54, 1.807) is 0 Å². The molecule has 0 fully saturated rings. The lowest BCUT2D eigenvalue weighted by Crippen LogP contribution is -2.32. The number of allylic oxidation sites excluding steroid dienone is 2. The van der Waals surface area contributed by atoms with Gasteiger partial charge in [-0.15, -0.1) is 0 Å². The number of carbonyl (C=O) groups is 2. The van der Waals surface area contributed by atoms with Crippen molar-refractivity contribution in [1.29, 1.82) is 0 Å². The highest BCUT2D eigenvalue weighted by Gasteiger charge is 2.13. The molecule has 0 aliphatic carbocycles. The van der Waals surface area contributed by atoms with Crippen molar-refractivity contribution < 1.29 is 19.1 Å². The molecule has 0 aliphatic rings. The number of likely N-dealkylation sites (N-methyl/N-ethyl adjacent to an activating group) is 2. The first-order valence-electron chi connectivity index (χ1n) is 21.7. The molecule has 0 spiro atoms. The number of nitrogens with zero attached hydrogens (tertiary/aromatic N) is 2. The van der Waals surface area contributed by atoms with Gasteiger partial charge in [-0.25, -0.2) is 0 Å². The molecule has 51 heavy (non-hydrogen) atoms. The monoisotopic (exact) mass is 719 g/mol. The van der Waals surface area contributed by atoms with Crippen LogP contribution in [0, 0.1) is 17.8 Å². The summed E-state index contributed by atoms with van der Waals surface area (Å²) in [7, 11) is 6.56. The second-order valence-corrected chi connectivity index (χ2v) is 15.6. The van der Waals surface area contributed by atoms with E-state index in [1.807, 2.05) is 12.2 Å². The molecular weight excluding hydrogens is 633 g/mol. The molecule has 0 N–H and O–H groups in total. The number of esters is 2. The highest BCUT2D eigenvalue weighted by atomic mass is 16.5. The number of hydrogen-bond acceptors (Lipinski definition) is 6. The van der Waals surface area contributed by atoms with Crippen LogP contribution in [0.5, 0.6) is 0 Å². The second kappa shape index (κ2) is 36.7. The number of rotatable bonds is 37. The van der Waals surface area contributed by atoms with Crippen LogP contribution in [-0.4, -0.2) is 75.7 Å². The predicted molar refractivity (Wildman–Crippen MR) is 220 cm³/mol. The third kappa shape index (κ3) is 33.9. The molecule has 0 aliphatic heterocycles. The molecule has 6 heteroatoms. The van der Waals surface area contributed by atoms with Crippen LogP contribution in [0.3, 0.4) is 0 Å². The first kappa shape index (κ1) is 49.3. The van der Waals surface area contributed by atoms with Gasteiger partial charge in [0.2, 0.25) is 0 Å². The molecule has 0 rings (SSSR count). The molecule has 0 radical (unpaired) electrons. The summed E-state index contributed by atoms with van der Waals surface area (Å²) in [6, 6.07) is 0. The van der Waals surface area contributed by atoms with Gasteiger partial charge < -0.3 is 19.3 Å². The van der Waals surface area contributed by atoms with Crippen molar-refractivity contribution in [3.63, 3.8) is 0 Å². The van der Waals surface area contributed by atoms with Crippen molar-refractivity contribution in [2.45, 2.75) is 182 Å². The number of carbonyl (C=O) groups excluding carboxylic acids is 2. The van der Waals surface area contributed by atoms with Gasteiger partial charge in [-0.2, -0.15) is 0 Å². The summed E-state index contributed by atoms with van der Waals surface area (Å²) in [5, 5.41) is 0. The van der Waals surface area contributed by atoms with Crippen LogP contribution in [0.1, 0.15) is 182 Å². The largest absolute Gasteiger partial charge is 0.461 e. The fraction of sp³-hybridized carbons (Fsp3) is 0.867. The SMILES string of the molecule is CCC(CC)CCC/C=C/COC(=O)CCCCCCCC(CCCCCCCC(=O)OC/C=C/CCCC(CC)CC)CN(C)CCN(C)C. The average Bonchev–Trinajstić information content (AvgIpc) is 3.12. The molecule has 0 saturated carbocycles. The van der Waals surface area contributed by atoms with E-state index in [9.17, 15) is 9.59 Å². The van der Waals surface area contributed by atoms with Crippen molar-refractivity contribution in [3.8, 4) is 0 Å². The third-order valence-electron chi connectivity index (χ3n) is 10.8. The number of hydrogen-bond donors (Lipinski definition) is 0. The van der Waals surface area contributed by atoms with Crippen LogP contribution < -0.4 is 0 Å². The van der Waals surface area contributed by atoms with Crippen molar-refractivity contribution in [3.05, 3.63) is 24.3 Å². The fourth-order valence-electron chi connectivity index (χ4n) is 6.94. The maximum atomic E-state index is 12.1. The molecule has 0 aromatic rings. The smallest absolute Gasteiger partial charge is 0.306 e. The van der Waals surface area contributed by atoms with Crippen LogP contribution in [0.15, 0.2) is 24.3 Å². The van der Waals surface area contributed by atoms with E-state index < -0.39 is 0 Å². The normalized spacial score (nSPS) is 12.2. The Morgan fingerprint density at radius 3 is 1.29 bits per heavy atom. The van der Waals surface area contributed by atoms with Crippen LogP contribution in [0.25, 0.3) is 0 Å². The molecule has 0 saturated heterocycles. The molecular formula is C45H86N2O4. The van der Waals surface area contributed by atoms with Gasteiger partial charge in [-0.05, 0) is 90.3 Å². The Balaban J connectivity index is 4.09. The van der Waals surface area contributed by atoms with E-state index in [0.717, 1.165) is 69.4 Å². The van der Waals surface area contributed by atoms with E-state index in [2.05, 4.69) is 70.8 Å². The van der Waals surface area contributed by atoms with Crippen LogP contribution in [0.2, 0.25) is 0 Å². The van der Waals surface area contributed by atoms with E-state index in [-0.39, 0.29) is 11.9 Å². The summed E-state index contributed by atoms with van der Waals surface area (Å²) in [6.07, 6.45) is 35.8. The standard InChI is InChI=1S/C45H86N2O4/c1-8-41(9-2)30-22-18-20-28-38-50-44(48)34-26-16-12-14-24-32-43(40-47(7)37-36-46(5)6)33-25-15-13-17-27-35-45(49)51-39-29-21-19-23-31-42(10-3)11-4/h20-21,28-29,41-43H,8-19,22-27,30-40H2,1-7H3/b28-20+,29-21+. The molecule has 0 heterocycles. The lowest BCUT2D eigenvalue weighted by Gasteiger charge is -2.25. The Hall–Kier alpha value is -1.66. The summed E-state index contributed by atoms with van der Waals surface area (Å²) < 4.78 is 10.8. The van der Waals surface area contributed by atoms with Crippen LogP contribution in [0.4, 0.5) is 0 Å². The van der Waals surface area contributed by atoms with Gasteiger partial charge >= 0.3 is 11.9 Å². The molecule has 300 valence electrons. The maximum Gasteiger partial charge on any atom is 0.306 e. The van der Waals surface area contributed by atoms with E-state index >= 15 is 0 Å². The Labute approximate surface area is 317 Å². The van der Waals surface area contributed by atoms with Crippen molar-refractivity contribution in [2.24, 2.45) is 17.8 Å². The van der Waals surface area contributed by atoms with Crippen molar-refractivity contribution in [1.82, 2.24) is 9.80 Å². The zero-order valence-corrected chi connectivity index (χ0v) is 35.1. The zero-order chi connectivity index (χ0) is 37.8. The Kier molecular flexibility index (Phi) is 35.5. The lowest BCUT2D eigenvalue weighted by molar-refractivity contribution is -0.143. The predicted octanol–water partition coefficient (Wildman–Crippen LogP) is 12.0. The van der Waals surface area contributed by atoms with E-state index in [1.165, 1.54) is 109 Å². The van der Waals surface area contributed by atoms with Gasteiger partial charge in [0.25, 0.3) is 0 Å². The second-order valence-electron chi connectivity index (χ2n) is 15.6. The lowest BCUT2D eigenvalue weighted by atomic mass is 9.93. The minimum atomic E-state index is -0.0567. The van der Waals surface area contributed by atoms with Crippen molar-refractivity contribution in [2.75, 3.05) is 54.0 Å². The molecule has 6 nitrogen and oxygen atoms in total. The molecule has 0 aromatic heterocycles.